The zero-order chi connectivity index (χ0) is 12.7. The van der Waals surface area contributed by atoms with E-state index in [4.69, 9.17) is 0 Å². The van der Waals surface area contributed by atoms with Crippen LogP contribution in [0.5, 0.6) is 0 Å². The SMILES string of the molecule is CN1C(=O)CC(Nc2cccc3[nH]ncc23)C1=O. The first-order valence-corrected chi connectivity index (χ1v) is 5.66. The molecule has 2 heterocycles. The average Bonchev–Trinajstić information content (AvgIpc) is 2.92. The number of likely N-dealkylation sites (tertiary alicyclic amines) is 1. The van der Waals surface area contributed by atoms with Crippen molar-refractivity contribution in [2.75, 3.05) is 12.4 Å². The molecule has 1 aromatic heterocycles. The van der Waals surface area contributed by atoms with Crippen molar-refractivity contribution in [1.29, 1.82) is 0 Å². The number of carbonyl (C=O) groups is 2. The third kappa shape index (κ3) is 1.54. The van der Waals surface area contributed by atoms with Gasteiger partial charge >= 0.3 is 0 Å². The molecule has 0 aliphatic carbocycles. The predicted octanol–water partition coefficient (Wildman–Crippen LogP) is 0.732. The molecule has 1 unspecified atom stereocenters. The molecule has 6 heteroatoms. The van der Waals surface area contributed by atoms with Gasteiger partial charge in [-0.1, -0.05) is 6.07 Å². The number of aromatic amines is 1. The highest BCUT2D eigenvalue weighted by atomic mass is 16.2. The van der Waals surface area contributed by atoms with Crippen molar-refractivity contribution in [3.63, 3.8) is 0 Å². The number of H-pyrrole nitrogens is 1. The molecule has 1 aliphatic heterocycles. The molecule has 3 rings (SSSR count). The van der Waals surface area contributed by atoms with Crippen LogP contribution in [0.2, 0.25) is 0 Å². The molecule has 18 heavy (non-hydrogen) atoms. The summed E-state index contributed by atoms with van der Waals surface area (Å²) in [7, 11) is 1.50. The molecule has 0 spiro atoms. The van der Waals surface area contributed by atoms with Crippen molar-refractivity contribution in [2.24, 2.45) is 0 Å². The van der Waals surface area contributed by atoms with Gasteiger partial charge in [0.15, 0.2) is 0 Å². The highest BCUT2D eigenvalue weighted by Crippen LogP contribution is 2.24. The van der Waals surface area contributed by atoms with Gasteiger partial charge in [-0.15, -0.1) is 0 Å². The van der Waals surface area contributed by atoms with Gasteiger partial charge in [-0.25, -0.2) is 0 Å². The van der Waals surface area contributed by atoms with Crippen LogP contribution in [0.25, 0.3) is 10.9 Å². The largest absolute Gasteiger partial charge is 0.373 e. The maximum absolute atomic E-state index is 11.8. The number of hydrogen-bond donors (Lipinski definition) is 2. The Labute approximate surface area is 103 Å². The number of rotatable bonds is 2. The summed E-state index contributed by atoms with van der Waals surface area (Å²) >= 11 is 0. The second-order valence-corrected chi connectivity index (χ2v) is 4.33. The number of anilines is 1. The minimum Gasteiger partial charge on any atom is -0.373 e. The van der Waals surface area contributed by atoms with E-state index in [1.54, 1.807) is 6.20 Å². The topological polar surface area (TPSA) is 78.1 Å². The maximum Gasteiger partial charge on any atom is 0.251 e. The average molecular weight is 244 g/mol. The predicted molar refractivity (Wildman–Crippen MR) is 65.9 cm³/mol. The second kappa shape index (κ2) is 3.83. The molecule has 6 nitrogen and oxygen atoms in total. The Morgan fingerprint density at radius 3 is 3.00 bits per heavy atom. The summed E-state index contributed by atoms with van der Waals surface area (Å²) in [5, 5.41) is 10.8. The van der Waals surface area contributed by atoms with E-state index >= 15 is 0 Å². The number of carbonyl (C=O) groups excluding carboxylic acids is 2. The third-order valence-corrected chi connectivity index (χ3v) is 3.20. The van der Waals surface area contributed by atoms with Crippen LogP contribution in [-0.2, 0) is 9.59 Å². The van der Waals surface area contributed by atoms with E-state index in [1.165, 1.54) is 7.05 Å². The number of nitrogens with one attached hydrogen (secondary N) is 2. The summed E-state index contributed by atoms with van der Waals surface area (Å²) in [5.74, 6) is -0.350. The first-order valence-electron chi connectivity index (χ1n) is 5.66. The Balaban J connectivity index is 1.91. The fraction of sp³-hybridized carbons (Fsp3) is 0.250. The van der Waals surface area contributed by atoms with Crippen LogP contribution in [0.4, 0.5) is 5.69 Å². The summed E-state index contributed by atoms with van der Waals surface area (Å²) in [6.07, 6.45) is 1.90. The lowest BCUT2D eigenvalue weighted by atomic mass is 10.2. The minimum atomic E-state index is -0.483. The van der Waals surface area contributed by atoms with Crippen molar-refractivity contribution in [1.82, 2.24) is 15.1 Å². The molecule has 2 N–H and O–H groups in total. The fourth-order valence-corrected chi connectivity index (χ4v) is 2.15. The van der Waals surface area contributed by atoms with Gasteiger partial charge in [-0.3, -0.25) is 19.6 Å². The molecule has 0 bridgehead atoms. The van der Waals surface area contributed by atoms with Crippen molar-refractivity contribution in [3.05, 3.63) is 24.4 Å². The normalized spacial score (nSPS) is 19.8. The summed E-state index contributed by atoms with van der Waals surface area (Å²) in [5.41, 5.74) is 1.70. The van der Waals surface area contributed by atoms with Gasteiger partial charge in [0.2, 0.25) is 5.91 Å². The molecule has 1 atom stereocenters. The number of nitrogens with zero attached hydrogens (tertiary/aromatic N) is 2. The molecule has 1 aliphatic rings. The standard InChI is InChI=1S/C12H12N4O2/c1-16-11(17)5-10(12(16)18)14-8-3-2-4-9-7(8)6-13-15-9/h2-4,6,10,14H,5H2,1H3,(H,13,15). The highest BCUT2D eigenvalue weighted by molar-refractivity contribution is 6.07. The van der Waals surface area contributed by atoms with Crippen LogP contribution in [0.15, 0.2) is 24.4 Å². The van der Waals surface area contributed by atoms with Gasteiger partial charge in [0, 0.05) is 18.1 Å². The van der Waals surface area contributed by atoms with Crippen LogP contribution in [-0.4, -0.2) is 40.0 Å². The van der Waals surface area contributed by atoms with Gasteiger partial charge in [0.05, 0.1) is 18.1 Å². The molecular weight excluding hydrogens is 232 g/mol. The van der Waals surface area contributed by atoms with Crippen molar-refractivity contribution < 1.29 is 9.59 Å². The van der Waals surface area contributed by atoms with E-state index in [0.717, 1.165) is 21.5 Å². The quantitative estimate of drug-likeness (QED) is 0.763. The Morgan fingerprint density at radius 2 is 2.28 bits per heavy atom. The number of hydrogen-bond acceptors (Lipinski definition) is 4. The summed E-state index contributed by atoms with van der Waals surface area (Å²) in [4.78, 5) is 24.4. The molecule has 92 valence electrons. The Morgan fingerprint density at radius 1 is 1.44 bits per heavy atom. The third-order valence-electron chi connectivity index (χ3n) is 3.20. The molecule has 0 radical (unpaired) electrons. The smallest absolute Gasteiger partial charge is 0.251 e. The van der Waals surface area contributed by atoms with Crippen molar-refractivity contribution >= 4 is 28.4 Å². The minimum absolute atomic E-state index is 0.156. The number of fused-ring (bicyclic) bond motifs is 1. The number of benzene rings is 1. The van der Waals surface area contributed by atoms with Gasteiger partial charge in [0.25, 0.3) is 5.91 Å². The lowest BCUT2D eigenvalue weighted by Crippen LogP contribution is -2.31. The first-order chi connectivity index (χ1) is 8.66. The van der Waals surface area contributed by atoms with E-state index in [1.807, 2.05) is 18.2 Å². The molecular formula is C12H12N4O2. The zero-order valence-corrected chi connectivity index (χ0v) is 9.80. The van der Waals surface area contributed by atoms with Gasteiger partial charge in [-0.2, -0.15) is 5.10 Å². The Bertz CT molecular complexity index is 634. The number of amides is 2. The summed E-state index contributed by atoms with van der Waals surface area (Å²) < 4.78 is 0. The lowest BCUT2D eigenvalue weighted by Gasteiger charge is -2.12. The number of imide groups is 1. The van der Waals surface area contributed by atoms with Crippen LogP contribution in [0.1, 0.15) is 6.42 Å². The van der Waals surface area contributed by atoms with Crippen molar-refractivity contribution in [2.45, 2.75) is 12.5 Å². The van der Waals surface area contributed by atoms with Crippen LogP contribution in [0.3, 0.4) is 0 Å². The fourth-order valence-electron chi connectivity index (χ4n) is 2.15. The van der Waals surface area contributed by atoms with Crippen LogP contribution < -0.4 is 5.32 Å². The van der Waals surface area contributed by atoms with Crippen molar-refractivity contribution in [3.8, 4) is 0 Å². The first kappa shape index (κ1) is 10.8. The van der Waals surface area contributed by atoms with E-state index in [9.17, 15) is 9.59 Å². The Kier molecular flexibility index (Phi) is 2.29. The molecule has 1 saturated heterocycles. The summed E-state index contributed by atoms with van der Waals surface area (Å²) in [6, 6.07) is 5.16. The molecule has 2 aromatic rings. The molecule has 2 amide bonds. The molecule has 1 fully saturated rings. The van der Waals surface area contributed by atoms with E-state index in [-0.39, 0.29) is 18.2 Å². The molecule has 0 saturated carbocycles. The summed E-state index contributed by atoms with van der Waals surface area (Å²) in [6.45, 7) is 0. The van der Waals surface area contributed by atoms with Gasteiger partial charge in [-0.05, 0) is 12.1 Å². The van der Waals surface area contributed by atoms with Crippen LogP contribution >= 0.6 is 0 Å². The van der Waals surface area contributed by atoms with E-state index in [0.29, 0.717) is 0 Å². The molecule has 1 aromatic carbocycles. The number of aromatic nitrogens is 2. The lowest BCUT2D eigenvalue weighted by molar-refractivity contribution is -0.136. The zero-order valence-electron chi connectivity index (χ0n) is 9.80. The number of likely N-dealkylation sites (N-methyl/N-ethyl adjacent to an activating group) is 1. The monoisotopic (exact) mass is 244 g/mol. The van der Waals surface area contributed by atoms with Gasteiger partial charge in [0.1, 0.15) is 6.04 Å². The van der Waals surface area contributed by atoms with Crippen LogP contribution in [0, 0.1) is 0 Å². The second-order valence-electron chi connectivity index (χ2n) is 4.33. The highest BCUT2D eigenvalue weighted by Gasteiger charge is 2.36. The van der Waals surface area contributed by atoms with E-state index < -0.39 is 6.04 Å². The van der Waals surface area contributed by atoms with Gasteiger partial charge < -0.3 is 5.32 Å². The van der Waals surface area contributed by atoms with E-state index in [2.05, 4.69) is 15.5 Å². The maximum atomic E-state index is 11.8. The Hall–Kier alpha value is -2.37.